The van der Waals surface area contributed by atoms with Crippen molar-refractivity contribution < 1.29 is 4.74 Å². The zero-order valence-electron chi connectivity index (χ0n) is 15.0. The highest BCUT2D eigenvalue weighted by Gasteiger charge is 2.24. The summed E-state index contributed by atoms with van der Waals surface area (Å²) in [6.45, 7) is 2.36. The summed E-state index contributed by atoms with van der Waals surface area (Å²) in [7, 11) is 0. The molecule has 0 amide bonds. The third kappa shape index (κ3) is 2.86. The van der Waals surface area contributed by atoms with Crippen LogP contribution in [0.4, 0.5) is 0 Å². The van der Waals surface area contributed by atoms with Crippen molar-refractivity contribution in [2.75, 3.05) is 6.61 Å². The highest BCUT2D eigenvalue weighted by molar-refractivity contribution is 7.18. The predicted molar refractivity (Wildman–Crippen MR) is 105 cm³/mol. The van der Waals surface area contributed by atoms with Gasteiger partial charge in [0.05, 0.1) is 23.7 Å². The van der Waals surface area contributed by atoms with E-state index in [0.29, 0.717) is 28.3 Å². The standard InChI is InChI=1S/C20H19N3O3S/c1-2-26-14-9-7-13(8-10-14)23-18(24)17-15-5-3-4-6-16(15)27-19(17)22(12-11-21)20(23)25/h7-10H,2-6,12H2,1H3. The monoisotopic (exact) mass is 381 g/mol. The molecule has 0 spiro atoms. The zero-order chi connectivity index (χ0) is 19.0. The molecular weight excluding hydrogens is 362 g/mol. The summed E-state index contributed by atoms with van der Waals surface area (Å²) in [5.41, 5.74) is 0.764. The first-order chi connectivity index (χ1) is 13.2. The lowest BCUT2D eigenvalue weighted by Gasteiger charge is -2.12. The third-order valence-electron chi connectivity index (χ3n) is 4.87. The third-order valence-corrected chi connectivity index (χ3v) is 6.19. The lowest BCUT2D eigenvalue weighted by Crippen LogP contribution is -2.38. The van der Waals surface area contributed by atoms with Crippen molar-refractivity contribution in [3.8, 4) is 17.5 Å². The Labute approximate surface area is 159 Å². The first-order valence-corrected chi connectivity index (χ1v) is 9.87. The fraction of sp³-hybridized carbons (Fsp3) is 0.350. The molecule has 3 aromatic rings. The van der Waals surface area contributed by atoms with Crippen LogP contribution in [0, 0.1) is 11.3 Å². The van der Waals surface area contributed by atoms with E-state index in [2.05, 4.69) is 6.07 Å². The average molecular weight is 381 g/mol. The van der Waals surface area contributed by atoms with Crippen molar-refractivity contribution in [1.29, 1.82) is 5.26 Å². The van der Waals surface area contributed by atoms with Gasteiger partial charge < -0.3 is 4.74 Å². The van der Waals surface area contributed by atoms with Gasteiger partial charge in [0.15, 0.2) is 0 Å². The summed E-state index contributed by atoms with van der Waals surface area (Å²) >= 11 is 1.49. The van der Waals surface area contributed by atoms with E-state index >= 15 is 0 Å². The highest BCUT2D eigenvalue weighted by atomic mass is 32.1. The molecule has 4 rings (SSSR count). The number of hydrogen-bond acceptors (Lipinski definition) is 5. The minimum Gasteiger partial charge on any atom is -0.494 e. The zero-order valence-corrected chi connectivity index (χ0v) is 15.8. The lowest BCUT2D eigenvalue weighted by atomic mass is 9.97. The SMILES string of the molecule is CCOc1ccc(-n2c(=O)c3c4c(sc3n(CC#N)c2=O)CCCC4)cc1. The molecule has 7 heteroatoms. The normalized spacial score (nSPS) is 13.3. The van der Waals surface area contributed by atoms with Crippen LogP contribution in [0.3, 0.4) is 0 Å². The molecule has 0 saturated carbocycles. The van der Waals surface area contributed by atoms with Gasteiger partial charge in [-0.2, -0.15) is 5.26 Å². The van der Waals surface area contributed by atoms with Crippen molar-refractivity contribution in [3.63, 3.8) is 0 Å². The van der Waals surface area contributed by atoms with E-state index in [9.17, 15) is 14.9 Å². The van der Waals surface area contributed by atoms with E-state index in [1.54, 1.807) is 24.3 Å². The molecule has 1 aromatic carbocycles. The van der Waals surface area contributed by atoms with Gasteiger partial charge in [-0.1, -0.05) is 0 Å². The van der Waals surface area contributed by atoms with Gasteiger partial charge in [0.25, 0.3) is 5.56 Å². The topological polar surface area (TPSA) is 77.0 Å². The van der Waals surface area contributed by atoms with Crippen LogP contribution in [0.5, 0.6) is 5.75 Å². The maximum absolute atomic E-state index is 13.3. The van der Waals surface area contributed by atoms with Gasteiger partial charge in [-0.25, -0.2) is 9.36 Å². The van der Waals surface area contributed by atoms with Crippen LogP contribution in [0.15, 0.2) is 33.9 Å². The van der Waals surface area contributed by atoms with Crippen LogP contribution >= 0.6 is 11.3 Å². The smallest absolute Gasteiger partial charge is 0.337 e. The quantitative estimate of drug-likeness (QED) is 0.696. The summed E-state index contributed by atoms with van der Waals surface area (Å²) in [5, 5.41) is 9.82. The first kappa shape index (κ1) is 17.6. The molecule has 0 saturated heterocycles. The molecule has 0 bridgehead atoms. The van der Waals surface area contributed by atoms with Gasteiger partial charge in [0.2, 0.25) is 0 Å². The molecule has 1 aliphatic rings. The Morgan fingerprint density at radius 3 is 2.63 bits per heavy atom. The van der Waals surface area contributed by atoms with E-state index in [1.807, 2.05) is 6.92 Å². The number of ether oxygens (including phenoxy) is 1. The molecule has 0 aliphatic heterocycles. The number of hydrogen-bond donors (Lipinski definition) is 0. The molecular formula is C20H19N3O3S. The van der Waals surface area contributed by atoms with Crippen LogP contribution in [-0.4, -0.2) is 15.7 Å². The summed E-state index contributed by atoms with van der Waals surface area (Å²) in [5.74, 6) is 0.681. The van der Waals surface area contributed by atoms with Crippen molar-refractivity contribution in [2.24, 2.45) is 0 Å². The fourth-order valence-corrected chi connectivity index (χ4v) is 5.04. The minimum absolute atomic E-state index is 0.0773. The van der Waals surface area contributed by atoms with Crippen LogP contribution in [0.2, 0.25) is 0 Å². The number of aryl methyl sites for hydroxylation is 2. The Balaban J connectivity index is 2.02. The largest absolute Gasteiger partial charge is 0.494 e. The Morgan fingerprint density at radius 1 is 1.19 bits per heavy atom. The van der Waals surface area contributed by atoms with E-state index in [-0.39, 0.29) is 12.1 Å². The van der Waals surface area contributed by atoms with Crippen molar-refractivity contribution >= 4 is 21.6 Å². The van der Waals surface area contributed by atoms with Crippen molar-refractivity contribution in [1.82, 2.24) is 9.13 Å². The number of nitriles is 1. The van der Waals surface area contributed by atoms with E-state index in [0.717, 1.165) is 31.2 Å². The number of nitrogens with zero attached hydrogens (tertiary/aromatic N) is 3. The molecule has 0 fully saturated rings. The molecule has 0 atom stereocenters. The summed E-state index contributed by atoms with van der Waals surface area (Å²) < 4.78 is 8.04. The van der Waals surface area contributed by atoms with Gasteiger partial charge in [0.1, 0.15) is 17.1 Å². The predicted octanol–water partition coefficient (Wildman–Crippen LogP) is 3.01. The highest BCUT2D eigenvalue weighted by Crippen LogP contribution is 2.34. The number of benzene rings is 1. The molecule has 2 aromatic heterocycles. The molecule has 0 radical (unpaired) electrons. The maximum Gasteiger partial charge on any atom is 0.337 e. The minimum atomic E-state index is -0.475. The maximum atomic E-state index is 13.3. The van der Waals surface area contributed by atoms with E-state index in [1.165, 1.54) is 25.3 Å². The summed E-state index contributed by atoms with van der Waals surface area (Å²) in [6.07, 6.45) is 3.91. The molecule has 138 valence electrons. The average Bonchev–Trinajstić information content (AvgIpc) is 3.06. The Bertz CT molecular complexity index is 1160. The fourth-order valence-electron chi connectivity index (χ4n) is 3.66. The second kappa shape index (κ2) is 7.05. The van der Waals surface area contributed by atoms with Gasteiger partial charge in [-0.15, -0.1) is 11.3 Å². The van der Waals surface area contributed by atoms with E-state index in [4.69, 9.17) is 4.74 Å². The van der Waals surface area contributed by atoms with Crippen molar-refractivity contribution in [3.05, 3.63) is 55.5 Å². The Morgan fingerprint density at radius 2 is 1.93 bits per heavy atom. The second-order valence-corrected chi connectivity index (χ2v) is 7.57. The number of thiophene rings is 1. The first-order valence-electron chi connectivity index (χ1n) is 9.06. The summed E-state index contributed by atoms with van der Waals surface area (Å²) in [6, 6.07) is 8.95. The number of rotatable bonds is 4. The molecule has 0 unspecified atom stereocenters. The molecule has 2 heterocycles. The van der Waals surface area contributed by atoms with Crippen LogP contribution in [0.1, 0.15) is 30.2 Å². The second-order valence-electron chi connectivity index (χ2n) is 6.49. The van der Waals surface area contributed by atoms with Gasteiger partial charge in [-0.05, 0) is 62.4 Å². The molecule has 1 aliphatic carbocycles. The van der Waals surface area contributed by atoms with Crippen LogP contribution in [-0.2, 0) is 19.4 Å². The van der Waals surface area contributed by atoms with E-state index < -0.39 is 5.69 Å². The van der Waals surface area contributed by atoms with Crippen LogP contribution < -0.4 is 16.0 Å². The number of aromatic nitrogens is 2. The Hall–Kier alpha value is -2.85. The number of fused-ring (bicyclic) bond motifs is 3. The summed E-state index contributed by atoms with van der Waals surface area (Å²) in [4.78, 5) is 28.2. The van der Waals surface area contributed by atoms with Gasteiger partial charge in [0, 0.05) is 4.88 Å². The molecule has 6 nitrogen and oxygen atoms in total. The lowest BCUT2D eigenvalue weighted by molar-refractivity contribution is 0.340. The van der Waals surface area contributed by atoms with Gasteiger partial charge in [-0.3, -0.25) is 9.36 Å². The molecule has 27 heavy (non-hydrogen) atoms. The van der Waals surface area contributed by atoms with Crippen LogP contribution in [0.25, 0.3) is 15.9 Å². The van der Waals surface area contributed by atoms with Crippen molar-refractivity contribution in [2.45, 2.75) is 39.2 Å². The Kier molecular flexibility index (Phi) is 4.58. The molecule has 0 N–H and O–H groups in total. The van der Waals surface area contributed by atoms with Gasteiger partial charge >= 0.3 is 5.69 Å².